The molecule has 108 valence electrons. The molecule has 1 rings (SSSR count). The van der Waals surface area contributed by atoms with Gasteiger partial charge in [-0.05, 0) is 38.9 Å². The van der Waals surface area contributed by atoms with Gasteiger partial charge in [0.1, 0.15) is 4.32 Å². The van der Waals surface area contributed by atoms with Gasteiger partial charge in [0.2, 0.25) is 0 Å². The van der Waals surface area contributed by atoms with E-state index in [-0.39, 0.29) is 59.1 Å². The van der Waals surface area contributed by atoms with Gasteiger partial charge in [-0.15, -0.1) is 0 Å². The van der Waals surface area contributed by atoms with Crippen molar-refractivity contribution in [2.24, 2.45) is 5.73 Å². The van der Waals surface area contributed by atoms with Crippen molar-refractivity contribution in [3.63, 3.8) is 0 Å². The van der Waals surface area contributed by atoms with Crippen molar-refractivity contribution in [3.05, 3.63) is 0 Å². The molecule has 0 bridgehead atoms. The van der Waals surface area contributed by atoms with Crippen LogP contribution in [0.5, 0.6) is 0 Å². The van der Waals surface area contributed by atoms with Gasteiger partial charge in [-0.2, -0.15) is 0 Å². The molecule has 1 aliphatic rings. The number of likely N-dealkylation sites (tertiary alicyclic amines) is 1. The van der Waals surface area contributed by atoms with Gasteiger partial charge in [0.05, 0.1) is 0 Å². The predicted molar refractivity (Wildman–Crippen MR) is 74.6 cm³/mol. The third-order valence-electron chi connectivity index (χ3n) is 2.31. The number of hydrogen-bond acceptors (Lipinski definition) is 7. The van der Waals surface area contributed by atoms with Crippen LogP contribution in [0.4, 0.5) is 0 Å². The second-order valence-electron chi connectivity index (χ2n) is 3.83. The molecule has 6 nitrogen and oxygen atoms in total. The summed E-state index contributed by atoms with van der Waals surface area (Å²) >= 11 is 6.39. The number of rotatable bonds is 4. The fraction of sp³-hybridized carbons (Fsp3) is 0.889. The summed E-state index contributed by atoms with van der Waals surface area (Å²) in [7, 11) is -5.17. The summed E-state index contributed by atoms with van der Waals surface area (Å²) in [5, 5.41) is 0. The van der Waals surface area contributed by atoms with Gasteiger partial charge in [-0.1, -0.05) is 30.4 Å². The van der Waals surface area contributed by atoms with Crippen LogP contribution >= 0.6 is 24.0 Å². The van der Waals surface area contributed by atoms with E-state index in [1.54, 1.807) is 11.8 Å². The minimum atomic E-state index is -5.17. The molecule has 0 aromatic rings. The summed E-state index contributed by atoms with van der Waals surface area (Å²) in [5.41, 5.74) is 5.39. The summed E-state index contributed by atoms with van der Waals surface area (Å²) in [5.74, 6) is 1.08. The topological polar surface area (TPSA) is 110 Å². The summed E-state index contributed by atoms with van der Waals surface area (Å²) in [6.07, 6.45) is 5.38. The zero-order valence-electron chi connectivity index (χ0n) is 12.0. The van der Waals surface area contributed by atoms with Crippen LogP contribution in [0, 0.1) is 0 Å². The third kappa shape index (κ3) is 25.0. The molecule has 0 aliphatic carbocycles. The molecule has 0 amide bonds. The average Bonchev–Trinajstić information content (AvgIpc) is 2.23. The Kier molecular flexibility index (Phi) is 21.5. The van der Waals surface area contributed by atoms with Crippen LogP contribution in [-0.2, 0) is 10.4 Å². The zero-order chi connectivity index (χ0) is 14.0. The van der Waals surface area contributed by atoms with Crippen molar-refractivity contribution < 1.29 is 76.6 Å². The van der Waals surface area contributed by atoms with E-state index in [4.69, 9.17) is 35.5 Å². The minimum absolute atomic E-state index is 0. The van der Waals surface area contributed by atoms with Gasteiger partial charge < -0.3 is 19.7 Å². The monoisotopic (exact) mass is 360 g/mol. The van der Waals surface area contributed by atoms with Crippen LogP contribution < -0.4 is 64.8 Å². The third-order valence-corrected chi connectivity index (χ3v) is 3.44. The average molecular weight is 360 g/mol. The normalized spacial score (nSPS) is 15.1. The number of thiocarbonyl (C=S) groups is 1. The Morgan fingerprint density at radius 2 is 1.65 bits per heavy atom. The Morgan fingerprint density at radius 3 is 2.05 bits per heavy atom. The first kappa shape index (κ1) is 26.9. The molecule has 1 fully saturated rings. The molecule has 0 aromatic heterocycles. The molecule has 1 aliphatic heterocycles. The first-order valence-electron chi connectivity index (χ1n) is 5.60. The van der Waals surface area contributed by atoms with Crippen LogP contribution in [0.1, 0.15) is 25.7 Å². The molecule has 1 heterocycles. The summed E-state index contributed by atoms with van der Waals surface area (Å²) in [4.78, 5) is 2.55. The van der Waals surface area contributed by atoms with E-state index < -0.39 is 10.4 Å². The maximum absolute atomic E-state index is 8.52. The van der Waals surface area contributed by atoms with Gasteiger partial charge in [-0.25, -0.2) is 0 Å². The molecule has 0 spiro atoms. The SMILES string of the molecule is NC(=S)SCCCN1CCCCC1.O=S(=O)([O-])[O-].[Na+].[Na+]. The van der Waals surface area contributed by atoms with Gasteiger partial charge >= 0.3 is 59.1 Å². The molecule has 0 aromatic carbocycles. The molecule has 0 unspecified atom stereocenters. The van der Waals surface area contributed by atoms with Crippen molar-refractivity contribution in [2.75, 3.05) is 25.4 Å². The van der Waals surface area contributed by atoms with Crippen molar-refractivity contribution >= 4 is 38.7 Å². The van der Waals surface area contributed by atoms with Crippen LogP contribution in [0.15, 0.2) is 0 Å². The largest absolute Gasteiger partial charge is 1.00 e. The van der Waals surface area contributed by atoms with Crippen LogP contribution in [-0.4, -0.2) is 52.1 Å². The summed E-state index contributed by atoms with van der Waals surface area (Å²) in [6, 6.07) is 0. The summed E-state index contributed by atoms with van der Waals surface area (Å²) in [6.45, 7) is 3.80. The molecule has 1 saturated heterocycles. The van der Waals surface area contributed by atoms with E-state index in [0.29, 0.717) is 4.32 Å². The number of nitrogens with zero attached hydrogens (tertiary/aromatic N) is 1. The maximum atomic E-state index is 8.52. The number of nitrogens with two attached hydrogens (primary N) is 1. The van der Waals surface area contributed by atoms with Crippen molar-refractivity contribution in [2.45, 2.75) is 25.7 Å². The van der Waals surface area contributed by atoms with Crippen molar-refractivity contribution in [3.8, 4) is 0 Å². The Bertz CT molecular complexity index is 330. The van der Waals surface area contributed by atoms with Gasteiger partial charge in [-0.3, -0.25) is 8.42 Å². The molecule has 0 saturated carbocycles. The van der Waals surface area contributed by atoms with E-state index in [0.717, 1.165) is 5.75 Å². The van der Waals surface area contributed by atoms with Crippen molar-refractivity contribution in [1.29, 1.82) is 0 Å². The first-order chi connectivity index (χ1) is 8.29. The Labute approximate surface area is 175 Å². The Morgan fingerprint density at radius 1 is 1.20 bits per heavy atom. The second-order valence-corrected chi connectivity index (χ2v) is 6.48. The number of thioether (sulfide) groups is 1. The number of hydrogen-bond donors (Lipinski definition) is 1. The predicted octanol–water partition coefficient (Wildman–Crippen LogP) is -5.49. The molecule has 11 heteroatoms. The molecule has 0 radical (unpaired) electrons. The fourth-order valence-electron chi connectivity index (χ4n) is 1.64. The van der Waals surface area contributed by atoms with E-state index in [1.807, 2.05) is 0 Å². The molecular weight excluding hydrogens is 342 g/mol. The first-order valence-corrected chi connectivity index (χ1v) is 8.33. The summed E-state index contributed by atoms with van der Waals surface area (Å²) < 4.78 is 34.7. The molecule has 0 atom stereocenters. The Hall–Kier alpha value is 2.07. The fourth-order valence-corrected chi connectivity index (χ4v) is 2.37. The van der Waals surface area contributed by atoms with Crippen LogP contribution in [0.3, 0.4) is 0 Å². The van der Waals surface area contributed by atoms with E-state index >= 15 is 0 Å². The van der Waals surface area contributed by atoms with E-state index in [9.17, 15) is 0 Å². The molecule has 20 heavy (non-hydrogen) atoms. The quantitative estimate of drug-likeness (QED) is 0.174. The van der Waals surface area contributed by atoms with Gasteiger partial charge in [0, 0.05) is 16.2 Å². The van der Waals surface area contributed by atoms with E-state index in [2.05, 4.69) is 4.90 Å². The minimum Gasteiger partial charge on any atom is -0.759 e. The van der Waals surface area contributed by atoms with Crippen LogP contribution in [0.2, 0.25) is 0 Å². The zero-order valence-corrected chi connectivity index (χ0v) is 18.5. The maximum Gasteiger partial charge on any atom is 1.00 e. The molecule has 2 N–H and O–H groups in total. The number of piperidine rings is 1. The standard InChI is InChI=1S/C9H18N2S2.2Na.H2O4S/c10-9(12)13-8-4-7-11-5-2-1-3-6-11;;;1-5(2,3)4/h1-8H2,(H2,10,12);;;(H2,1,2,3,4)/q;2*+1;/p-2. The van der Waals surface area contributed by atoms with Crippen LogP contribution in [0.25, 0.3) is 0 Å². The van der Waals surface area contributed by atoms with Crippen molar-refractivity contribution in [1.82, 2.24) is 4.90 Å². The Balaban J connectivity index is -0.000000361. The van der Waals surface area contributed by atoms with Gasteiger partial charge in [0.25, 0.3) is 0 Å². The van der Waals surface area contributed by atoms with E-state index in [1.165, 1.54) is 45.3 Å². The smallest absolute Gasteiger partial charge is 0.759 e. The second kappa shape index (κ2) is 15.9. The van der Waals surface area contributed by atoms with Gasteiger partial charge in [0.15, 0.2) is 0 Å². The molecular formula is C9H18N2Na2O4S3.